The van der Waals surface area contributed by atoms with Crippen LogP contribution >= 0.6 is 0 Å². The normalized spacial score (nSPS) is 13.3. The first-order valence-electron chi connectivity index (χ1n) is 10.0. The summed E-state index contributed by atoms with van der Waals surface area (Å²) < 4.78 is 3.00. The van der Waals surface area contributed by atoms with Crippen LogP contribution in [0, 0.1) is 0 Å². The number of nitrogens with one attached hydrogen (secondary N) is 1. The molecular formula is C26H29Cl2NZr. The van der Waals surface area contributed by atoms with Crippen molar-refractivity contribution >= 4 is 23.7 Å². The Morgan fingerprint density at radius 1 is 0.833 bits per heavy atom. The van der Waals surface area contributed by atoms with Crippen molar-refractivity contribution in [1.29, 1.82) is 0 Å². The Labute approximate surface area is 204 Å². The van der Waals surface area contributed by atoms with E-state index in [0.29, 0.717) is 0 Å². The van der Waals surface area contributed by atoms with Gasteiger partial charge in [-0.25, -0.2) is 0 Å². The monoisotopic (exact) mass is 515 g/mol. The third-order valence-corrected chi connectivity index (χ3v) is 9.12. The number of aromatic amines is 1. The maximum Gasteiger partial charge on any atom is -1.00 e. The van der Waals surface area contributed by atoms with Gasteiger partial charge in [0.2, 0.25) is 0 Å². The minimum Gasteiger partial charge on any atom is -1.00 e. The molecule has 0 radical (unpaired) electrons. The molecule has 0 bridgehead atoms. The van der Waals surface area contributed by atoms with Gasteiger partial charge < -0.3 is 24.8 Å². The maximum absolute atomic E-state index is 4.39. The first-order valence-corrected chi connectivity index (χ1v) is 12.5. The summed E-state index contributed by atoms with van der Waals surface area (Å²) >= 11 is -1.04. The number of hydrogen-bond donors (Lipinski definition) is 1. The molecule has 1 aromatic heterocycles. The number of hydrogen-bond acceptors (Lipinski definition) is 0. The van der Waals surface area contributed by atoms with Crippen molar-refractivity contribution in [3.63, 3.8) is 0 Å². The van der Waals surface area contributed by atoms with E-state index in [2.05, 4.69) is 102 Å². The van der Waals surface area contributed by atoms with E-state index in [9.17, 15) is 0 Å². The van der Waals surface area contributed by atoms with Gasteiger partial charge >= 0.3 is 180 Å². The first kappa shape index (κ1) is 25.2. The van der Waals surface area contributed by atoms with Gasteiger partial charge in [0.05, 0.1) is 0 Å². The van der Waals surface area contributed by atoms with Gasteiger partial charge in [-0.2, -0.15) is 0 Å². The number of fused-ring (bicyclic) bond motifs is 2. The van der Waals surface area contributed by atoms with Crippen molar-refractivity contribution in [3.05, 3.63) is 76.2 Å². The smallest absolute Gasteiger partial charge is 1.00 e. The van der Waals surface area contributed by atoms with Crippen LogP contribution < -0.4 is 38.7 Å². The second-order valence-electron chi connectivity index (χ2n) is 9.86. The quantitative estimate of drug-likeness (QED) is 0.432. The van der Waals surface area contributed by atoms with E-state index < -0.39 is 23.2 Å². The summed E-state index contributed by atoms with van der Waals surface area (Å²) in [6.07, 6.45) is 2.26. The van der Waals surface area contributed by atoms with Crippen LogP contribution in [-0.2, 0) is 34.1 Å². The molecule has 0 saturated carbocycles. The SMILES string of the molecule is C=C1C=c2ccccc2=[C]1[Zr+2][c]1[nH]c2cccc(C(C)(C)C)c2c1C(C)(C)C.[Cl-].[Cl-]. The van der Waals surface area contributed by atoms with Gasteiger partial charge in [0, 0.05) is 0 Å². The second kappa shape index (κ2) is 8.81. The molecule has 2 aromatic carbocycles. The molecule has 1 aliphatic carbocycles. The van der Waals surface area contributed by atoms with Crippen LogP contribution in [0.3, 0.4) is 0 Å². The number of halogens is 2. The summed E-state index contributed by atoms with van der Waals surface area (Å²) in [5, 5.41) is 4.17. The Kier molecular flexibility index (Phi) is 7.40. The third kappa shape index (κ3) is 4.43. The van der Waals surface area contributed by atoms with Gasteiger partial charge in [-0.1, -0.05) is 0 Å². The molecule has 0 amide bonds. The molecule has 1 N–H and O–H groups in total. The van der Waals surface area contributed by atoms with E-state index in [1.54, 1.807) is 0 Å². The van der Waals surface area contributed by atoms with Gasteiger partial charge in [-0.05, 0) is 0 Å². The fourth-order valence-corrected chi connectivity index (χ4v) is 8.37. The molecule has 0 spiro atoms. The number of aromatic nitrogens is 1. The van der Waals surface area contributed by atoms with Crippen molar-refractivity contribution in [2.75, 3.05) is 0 Å². The summed E-state index contributed by atoms with van der Waals surface area (Å²) in [7, 11) is 0. The summed E-state index contributed by atoms with van der Waals surface area (Å²) in [6.45, 7) is 18.4. The minimum absolute atomic E-state index is 0. The van der Waals surface area contributed by atoms with Crippen LogP contribution in [0.15, 0.2) is 54.6 Å². The average molecular weight is 518 g/mol. The van der Waals surface area contributed by atoms with Crippen LogP contribution in [0.5, 0.6) is 0 Å². The zero-order valence-corrected chi connectivity index (χ0v) is 22.6. The molecule has 1 heterocycles. The summed E-state index contributed by atoms with van der Waals surface area (Å²) in [6, 6.07) is 15.5. The molecule has 0 aliphatic heterocycles. The van der Waals surface area contributed by atoms with E-state index >= 15 is 0 Å². The van der Waals surface area contributed by atoms with E-state index in [0.717, 1.165) is 0 Å². The Bertz CT molecular complexity index is 1220. The number of allylic oxidation sites excluding steroid dienone is 1. The van der Waals surface area contributed by atoms with E-state index in [4.69, 9.17) is 0 Å². The topological polar surface area (TPSA) is 15.8 Å². The minimum atomic E-state index is -1.04. The Hall–Kier alpha value is -1.08. The largest absolute Gasteiger partial charge is 1.00 e. The zero-order chi connectivity index (χ0) is 20.3. The number of rotatable bonds is 2. The molecule has 0 unspecified atom stereocenters. The molecule has 156 valence electrons. The van der Waals surface area contributed by atoms with Crippen LogP contribution in [0.25, 0.3) is 20.3 Å². The summed E-state index contributed by atoms with van der Waals surface area (Å²) in [5.74, 6) is 0. The molecule has 0 saturated heterocycles. The van der Waals surface area contributed by atoms with Crippen molar-refractivity contribution < 1.29 is 48.0 Å². The van der Waals surface area contributed by atoms with Gasteiger partial charge in [0.15, 0.2) is 0 Å². The van der Waals surface area contributed by atoms with Gasteiger partial charge in [0.25, 0.3) is 0 Å². The van der Waals surface area contributed by atoms with E-state index in [1.807, 2.05) is 0 Å². The van der Waals surface area contributed by atoms with Crippen molar-refractivity contribution in [2.45, 2.75) is 52.4 Å². The van der Waals surface area contributed by atoms with Crippen LogP contribution in [-0.4, -0.2) is 4.98 Å². The fraction of sp³-hybridized carbons (Fsp3) is 0.308. The molecule has 30 heavy (non-hydrogen) atoms. The molecule has 4 rings (SSSR count). The van der Waals surface area contributed by atoms with Gasteiger partial charge in [-0.3, -0.25) is 0 Å². The average Bonchev–Trinajstić information content (AvgIpc) is 3.11. The number of H-pyrrole nitrogens is 1. The van der Waals surface area contributed by atoms with Crippen molar-refractivity contribution in [1.82, 2.24) is 4.98 Å². The molecule has 0 fully saturated rings. The van der Waals surface area contributed by atoms with Crippen LogP contribution in [0.2, 0.25) is 0 Å². The van der Waals surface area contributed by atoms with E-state index in [1.165, 1.54) is 44.7 Å². The molecular weight excluding hydrogens is 488 g/mol. The maximum atomic E-state index is 4.39. The molecule has 3 aromatic rings. The van der Waals surface area contributed by atoms with E-state index in [-0.39, 0.29) is 35.6 Å². The predicted molar refractivity (Wildman–Crippen MR) is 118 cm³/mol. The predicted octanol–water partition coefficient (Wildman–Crippen LogP) is -1.36. The van der Waals surface area contributed by atoms with Gasteiger partial charge in [-0.15, -0.1) is 0 Å². The Balaban J connectivity index is 0.00000160. The third-order valence-electron chi connectivity index (χ3n) is 5.51. The Morgan fingerprint density at radius 2 is 1.50 bits per heavy atom. The molecule has 1 nitrogen and oxygen atoms in total. The standard InChI is InChI=1S/C16H22N.C10H7.2ClH.Zr/c1-15(2,3)11-8-7-9-13-14(11)12(10-17-13)16(4,5)6;1-8-6-9-4-2-3-5-10(9)7-8;;;/h7-9,17H,1-6H3;2-6H,1H2;2*1H;/q;;;;+2/p-2. The number of benzene rings is 2. The molecule has 4 heteroatoms. The first-order chi connectivity index (χ1) is 13.1. The van der Waals surface area contributed by atoms with Crippen molar-refractivity contribution in [2.24, 2.45) is 0 Å². The zero-order valence-electron chi connectivity index (χ0n) is 18.6. The van der Waals surface area contributed by atoms with Crippen LogP contribution in [0.4, 0.5) is 0 Å². The Morgan fingerprint density at radius 3 is 2.13 bits per heavy atom. The fourth-order valence-electron chi connectivity index (χ4n) is 4.27. The van der Waals surface area contributed by atoms with Crippen molar-refractivity contribution in [3.8, 4) is 0 Å². The summed E-state index contributed by atoms with van der Waals surface area (Å²) in [5.41, 5.74) is 5.67. The molecule has 0 atom stereocenters. The molecule has 1 aliphatic rings. The van der Waals surface area contributed by atoms with Gasteiger partial charge in [0.1, 0.15) is 0 Å². The summed E-state index contributed by atoms with van der Waals surface area (Å²) in [4.78, 5) is 3.86. The second-order valence-corrected chi connectivity index (χ2v) is 12.9. The van der Waals surface area contributed by atoms with Crippen LogP contribution in [0.1, 0.15) is 52.7 Å².